The van der Waals surface area contributed by atoms with E-state index in [1.54, 1.807) is 0 Å². The molecule has 1 aliphatic heterocycles. The summed E-state index contributed by atoms with van der Waals surface area (Å²) in [4.78, 5) is 0. The largest absolute Gasteiger partial charge is 0 e. The van der Waals surface area contributed by atoms with E-state index >= 15 is 0 Å². The Kier molecular flexibility index (Phi) is 78.5. The Bertz CT molecular complexity index is 769. The molecule has 0 N–H and O–H groups in total. The molecule has 308 valence electrons. The molecule has 1 rings (SSSR count). The Labute approximate surface area is 359 Å². The van der Waals surface area contributed by atoms with Gasteiger partial charge in [-0.3, -0.25) is 17.2 Å². The molecule has 0 unspecified atom stereocenters. The maximum absolute atomic E-state index is 7.50. The summed E-state index contributed by atoms with van der Waals surface area (Å²) in [6.07, 6.45) is 0. The van der Waals surface area contributed by atoms with Gasteiger partial charge < -0.3 is 0 Å². The van der Waals surface area contributed by atoms with E-state index in [1.165, 1.54) is 0 Å². The van der Waals surface area contributed by atoms with Crippen LogP contribution >= 0.6 is 34.1 Å². The van der Waals surface area contributed by atoms with Crippen LogP contribution in [0.4, 0.5) is 0 Å². The van der Waals surface area contributed by atoms with Gasteiger partial charge in [0.1, 0.15) is 0 Å². The molecule has 0 bridgehead atoms. The van der Waals surface area contributed by atoms with Crippen molar-refractivity contribution in [2.45, 2.75) is 159 Å². The van der Waals surface area contributed by atoms with Crippen molar-refractivity contribution in [3.05, 3.63) is 53.2 Å². The van der Waals surface area contributed by atoms with Gasteiger partial charge in [-0.25, -0.2) is 18.7 Å². The zero-order valence-electron chi connectivity index (χ0n) is 33.9. The molecule has 0 radical (unpaired) electrons. The molecular weight excluding hydrogens is 948 g/mol. The molecule has 22 heteroatoms. The molecule has 1 heterocycles. The minimum atomic E-state index is -1.42. The van der Waals surface area contributed by atoms with Crippen molar-refractivity contribution in [2.24, 2.45) is 0 Å². The van der Waals surface area contributed by atoms with Crippen molar-refractivity contribution >= 4 is 34.1 Å². The fourth-order valence-corrected chi connectivity index (χ4v) is 13.7. The normalized spacial score (nSPS) is 17.0. The summed E-state index contributed by atoms with van der Waals surface area (Å²) in [7, 11) is -5.68. The second-order valence-electron chi connectivity index (χ2n) is 11.5. The summed E-state index contributed by atoms with van der Waals surface area (Å²) in [6, 6.07) is 2.05. The first-order valence-corrected chi connectivity index (χ1v) is 19.7. The third-order valence-electron chi connectivity index (χ3n) is 5.55. The van der Waals surface area contributed by atoms with Crippen LogP contribution in [0, 0.1) is 53.2 Å². The van der Waals surface area contributed by atoms with Gasteiger partial charge in [0.15, 0.2) is 0 Å². The van der Waals surface area contributed by atoms with Crippen molar-refractivity contribution < 1.29 is 96.6 Å². The molecule has 0 spiro atoms. The maximum Gasteiger partial charge on any atom is 0 e. The average Bonchev–Trinajstić information content (AvgIpc) is 3.09. The summed E-state index contributed by atoms with van der Waals surface area (Å²) in [6.45, 7) is 71.3. The van der Waals surface area contributed by atoms with Gasteiger partial charge in [0.25, 0.3) is 34.1 Å². The van der Waals surface area contributed by atoms with E-state index in [0.29, 0.717) is 0 Å². The van der Waals surface area contributed by atoms with Crippen LogP contribution < -0.4 is 0 Å². The molecule has 0 atom stereocenters. The topological polar surface area (TPSA) is 209 Å². The van der Waals surface area contributed by atoms with Crippen molar-refractivity contribution in [3.8, 4) is 0 Å². The van der Waals surface area contributed by atoms with E-state index in [2.05, 4.69) is 183 Å². The summed E-state index contributed by atoms with van der Waals surface area (Å²) in [5, 5.41) is 0. The minimum Gasteiger partial charge on any atom is 0 e. The fourth-order valence-electron chi connectivity index (χ4n) is 4.53. The van der Waals surface area contributed by atoms with Crippen molar-refractivity contribution in [3.63, 3.8) is 0 Å². The van der Waals surface area contributed by atoms with Gasteiger partial charge in [-0.1, -0.05) is 0 Å². The van der Waals surface area contributed by atoms with Crippen molar-refractivity contribution in [1.82, 2.24) is 18.7 Å². The second-order valence-corrected chi connectivity index (χ2v) is 17.9. The molecule has 16 nitrogen and oxygen atoms in total. The van der Waals surface area contributed by atoms with Gasteiger partial charge in [0, 0.05) is 90.5 Å². The van der Waals surface area contributed by atoms with Gasteiger partial charge in [-0.15, -0.1) is 0 Å². The number of nitrogens with zero attached hydrogens (tertiary/aromatic N) is 4. The predicted octanol–water partition coefficient (Wildman–Crippen LogP) is 9.14. The first kappa shape index (κ1) is 78.9. The third kappa shape index (κ3) is 33.6. The Hall–Kier alpha value is 0.697. The first-order valence-electron chi connectivity index (χ1n) is 15.2. The second kappa shape index (κ2) is 53.7. The third-order valence-corrected chi connectivity index (χ3v) is 15.2. The minimum absolute atomic E-state index is 0. The Balaban J connectivity index is -0.000000118. The van der Waals surface area contributed by atoms with Crippen LogP contribution in [0.1, 0.15) is 111 Å². The Morgan fingerprint density at radius 3 is 0.389 bits per heavy atom. The molecule has 1 aliphatic rings. The molecule has 0 saturated carbocycles. The van der Waals surface area contributed by atoms with E-state index in [4.69, 9.17) is 54.5 Å². The maximum atomic E-state index is 7.50. The standard InChI is InChI=1S/C24H56N4O4P4.8CO.2Mo/c1-17(2)25(18(3)4)33-29-34(26(19(5)6)20(7)8)31-36(28(23(13)14)24(15)16)32-35(30-33)27(21(9)10)22(11)12;8*1-2;;/h17-24H,1-16H3;;;;;;;;;;. The Morgan fingerprint density at radius 2 is 0.333 bits per heavy atom. The molecule has 0 aliphatic carbocycles. The molecule has 0 aromatic carbocycles. The van der Waals surface area contributed by atoms with Crippen LogP contribution in [-0.2, 0) is 96.6 Å². The van der Waals surface area contributed by atoms with E-state index in [0.717, 1.165) is 0 Å². The zero-order valence-corrected chi connectivity index (χ0v) is 41.5. The quantitative estimate of drug-likeness (QED) is 0.0795. The summed E-state index contributed by atoms with van der Waals surface area (Å²) in [5.74, 6) is 0. The van der Waals surface area contributed by atoms with Gasteiger partial charge in [-0.05, 0) is 111 Å². The fraction of sp³-hybridized carbons (Fsp3) is 0.750. The summed E-state index contributed by atoms with van der Waals surface area (Å²) < 4.78 is 97.3. The van der Waals surface area contributed by atoms with Crippen LogP contribution in [0.25, 0.3) is 0 Å². The molecule has 0 aromatic heterocycles. The van der Waals surface area contributed by atoms with Crippen LogP contribution in [-0.4, -0.2) is 67.0 Å². The number of hydrogen-bond acceptors (Lipinski definition) is 8. The van der Waals surface area contributed by atoms with Gasteiger partial charge in [0.05, 0.1) is 0 Å². The van der Waals surface area contributed by atoms with Gasteiger partial charge >= 0.3 is 90.4 Å². The van der Waals surface area contributed by atoms with Crippen LogP contribution in [0.5, 0.6) is 0 Å². The number of hydrogen-bond donors (Lipinski definition) is 0. The van der Waals surface area contributed by atoms with Crippen LogP contribution in [0.2, 0.25) is 0 Å². The molecule has 54 heavy (non-hydrogen) atoms. The molecular formula is C32H56Mo2N4O12P4. The first-order chi connectivity index (χ1) is 24.5. The molecule has 1 fully saturated rings. The van der Waals surface area contributed by atoms with Gasteiger partial charge in [0.2, 0.25) is 0 Å². The summed E-state index contributed by atoms with van der Waals surface area (Å²) in [5.41, 5.74) is 0. The van der Waals surface area contributed by atoms with E-state index < -0.39 is 34.1 Å². The van der Waals surface area contributed by atoms with Crippen molar-refractivity contribution in [2.75, 3.05) is 0 Å². The van der Waals surface area contributed by atoms with Crippen LogP contribution in [0.3, 0.4) is 0 Å². The zero-order chi connectivity index (χ0) is 44.1. The van der Waals surface area contributed by atoms with Gasteiger partial charge in [-0.2, -0.15) is 0 Å². The molecule has 0 amide bonds. The Morgan fingerprint density at radius 1 is 0.259 bits per heavy atom. The monoisotopic (exact) mass is 1010 g/mol. The van der Waals surface area contributed by atoms with E-state index in [1.807, 2.05) is 0 Å². The smallest absolute Gasteiger partial charge is 0 e. The summed E-state index contributed by atoms with van der Waals surface area (Å²) >= 11 is 0. The predicted molar refractivity (Wildman–Crippen MR) is 192 cm³/mol. The van der Waals surface area contributed by atoms with Crippen molar-refractivity contribution in [1.29, 1.82) is 0 Å². The van der Waals surface area contributed by atoms with E-state index in [9.17, 15) is 0 Å². The number of rotatable bonds is 12. The van der Waals surface area contributed by atoms with Crippen LogP contribution in [0.15, 0.2) is 0 Å². The SMILES string of the molecule is CC(C)N(C(C)C)P1OP(N(C(C)C)C(C)C)OP(N(C(C)C)C(C)C)OP(N(C(C)C)C(C)C)O1.[C-]#[O+].[C-]#[O+].[C-]#[O+].[C-]#[O+].[C-]#[O+].[C-]#[O+].[C-]#[O+].[C-]#[O+].[Mo].[Mo]. The molecule has 1 saturated heterocycles. The average molecular weight is 1000 g/mol. The molecule has 0 aromatic rings. The van der Waals surface area contributed by atoms with E-state index in [-0.39, 0.29) is 90.5 Å².